The van der Waals surface area contributed by atoms with E-state index in [2.05, 4.69) is 11.9 Å². The van der Waals surface area contributed by atoms with Gasteiger partial charge in [-0.1, -0.05) is 24.3 Å². The monoisotopic (exact) mass is 321 g/mol. The van der Waals surface area contributed by atoms with Gasteiger partial charge in [-0.3, -0.25) is 4.79 Å². The molecule has 0 aliphatic rings. The van der Waals surface area contributed by atoms with Crippen LogP contribution in [0, 0.1) is 17.5 Å². The van der Waals surface area contributed by atoms with Gasteiger partial charge in [0.1, 0.15) is 5.75 Å². The highest BCUT2D eigenvalue weighted by Crippen LogP contribution is 2.21. The molecule has 23 heavy (non-hydrogen) atoms. The molecule has 0 saturated heterocycles. The molecule has 3 nitrogen and oxygen atoms in total. The third kappa shape index (κ3) is 4.12. The Kier molecular flexibility index (Phi) is 5.41. The Morgan fingerprint density at radius 1 is 1.13 bits per heavy atom. The number of allylic oxidation sites excluding steroid dienone is 1. The molecule has 0 aliphatic carbocycles. The maximum absolute atomic E-state index is 13.5. The predicted molar refractivity (Wildman–Crippen MR) is 80.8 cm³/mol. The molecule has 6 heteroatoms. The lowest BCUT2D eigenvalue weighted by Gasteiger charge is -2.11. The smallest absolute Gasteiger partial charge is 0.262 e. The van der Waals surface area contributed by atoms with Gasteiger partial charge < -0.3 is 10.1 Å². The Labute approximate surface area is 131 Å². The van der Waals surface area contributed by atoms with Crippen LogP contribution in [0.2, 0.25) is 0 Å². The molecule has 1 N–H and O–H groups in total. The van der Waals surface area contributed by atoms with Gasteiger partial charge in [-0.2, -0.15) is 0 Å². The number of hydrogen-bond donors (Lipinski definition) is 1. The van der Waals surface area contributed by atoms with E-state index in [0.29, 0.717) is 12.2 Å². The Hall–Kier alpha value is -2.76. The summed E-state index contributed by atoms with van der Waals surface area (Å²) in [5.74, 6) is -4.61. The quantitative estimate of drug-likeness (QED) is 0.648. The van der Waals surface area contributed by atoms with Crippen molar-refractivity contribution in [1.29, 1.82) is 0 Å². The Morgan fingerprint density at radius 3 is 2.61 bits per heavy atom. The maximum Gasteiger partial charge on any atom is 0.262 e. The molecule has 120 valence electrons. The first-order chi connectivity index (χ1) is 11.0. The summed E-state index contributed by atoms with van der Waals surface area (Å²) in [5.41, 5.74) is 0.395. The molecule has 0 heterocycles. The van der Waals surface area contributed by atoms with E-state index in [4.69, 9.17) is 4.74 Å². The van der Waals surface area contributed by atoms with Crippen LogP contribution in [-0.4, -0.2) is 12.5 Å². The summed E-state index contributed by atoms with van der Waals surface area (Å²) in [6, 6.07) is 8.75. The van der Waals surface area contributed by atoms with Crippen LogP contribution in [0.25, 0.3) is 0 Å². The van der Waals surface area contributed by atoms with E-state index >= 15 is 0 Å². The highest BCUT2D eigenvalue weighted by molar-refractivity contribution is 5.92. The number of benzene rings is 2. The molecule has 2 aromatic rings. The van der Waals surface area contributed by atoms with Crippen LogP contribution in [0.5, 0.6) is 5.75 Å². The molecular weight excluding hydrogens is 307 g/mol. The van der Waals surface area contributed by atoms with E-state index in [-0.39, 0.29) is 0 Å². The van der Waals surface area contributed by atoms with E-state index in [0.717, 1.165) is 17.7 Å². The highest BCUT2D eigenvalue weighted by Gasteiger charge is 2.15. The molecule has 2 rings (SSSR count). The number of hydrogen-bond acceptors (Lipinski definition) is 2. The zero-order valence-corrected chi connectivity index (χ0v) is 12.1. The van der Waals surface area contributed by atoms with Crippen LogP contribution in [0.4, 0.5) is 18.9 Å². The zero-order valence-electron chi connectivity index (χ0n) is 12.1. The fraction of sp³-hybridized carbons (Fsp3) is 0.118. The average Bonchev–Trinajstić information content (AvgIpc) is 2.55. The normalized spacial score (nSPS) is 10.2. The lowest BCUT2D eigenvalue weighted by molar-refractivity contribution is -0.118. The van der Waals surface area contributed by atoms with Crippen molar-refractivity contribution in [2.45, 2.75) is 6.42 Å². The van der Waals surface area contributed by atoms with Crippen molar-refractivity contribution >= 4 is 11.6 Å². The Morgan fingerprint density at radius 2 is 1.87 bits per heavy atom. The Bertz CT molecular complexity index is 732. The first-order valence-electron chi connectivity index (χ1n) is 6.78. The molecule has 0 unspecified atom stereocenters. The molecule has 0 atom stereocenters. The van der Waals surface area contributed by atoms with Gasteiger partial charge in [-0.15, -0.1) is 6.58 Å². The van der Waals surface area contributed by atoms with Gasteiger partial charge in [0.15, 0.2) is 24.1 Å². The second-order valence-electron chi connectivity index (χ2n) is 4.66. The molecule has 0 bridgehead atoms. The lowest BCUT2D eigenvalue weighted by atomic mass is 10.1. The van der Waals surface area contributed by atoms with Gasteiger partial charge >= 0.3 is 0 Å². The predicted octanol–water partition coefficient (Wildman–Crippen LogP) is 3.85. The van der Waals surface area contributed by atoms with E-state index in [1.807, 2.05) is 12.1 Å². The minimum Gasteiger partial charge on any atom is -0.483 e. The van der Waals surface area contributed by atoms with E-state index in [9.17, 15) is 18.0 Å². The van der Waals surface area contributed by atoms with Crippen molar-refractivity contribution in [1.82, 2.24) is 0 Å². The molecule has 1 amide bonds. The first kappa shape index (κ1) is 16.6. The molecule has 0 aliphatic heterocycles. The number of para-hydroxylation sites is 1. The minimum atomic E-state index is -1.64. The van der Waals surface area contributed by atoms with Gasteiger partial charge in [0.2, 0.25) is 0 Å². The molecule has 0 saturated carbocycles. The molecule has 0 radical (unpaired) electrons. The third-order valence-corrected chi connectivity index (χ3v) is 3.00. The summed E-state index contributed by atoms with van der Waals surface area (Å²) in [6.45, 7) is 3.23. The summed E-state index contributed by atoms with van der Waals surface area (Å²) in [6.07, 6.45) is 2.26. The standard InChI is InChI=1S/C17H14F3NO2/c1-2-5-11-6-3-4-7-14(11)23-10-15(22)21-13-9-8-12(18)16(19)17(13)20/h2-4,6-9H,1,5,10H2,(H,21,22). The lowest BCUT2D eigenvalue weighted by Crippen LogP contribution is -2.21. The minimum absolute atomic E-state index is 0.396. The largest absolute Gasteiger partial charge is 0.483 e. The van der Waals surface area contributed by atoms with Crippen LogP contribution < -0.4 is 10.1 Å². The summed E-state index contributed by atoms with van der Waals surface area (Å²) >= 11 is 0. The fourth-order valence-corrected chi connectivity index (χ4v) is 1.92. The van der Waals surface area contributed by atoms with Gasteiger partial charge in [0, 0.05) is 0 Å². The second-order valence-corrected chi connectivity index (χ2v) is 4.66. The van der Waals surface area contributed by atoms with Crippen molar-refractivity contribution < 1.29 is 22.7 Å². The van der Waals surface area contributed by atoms with Gasteiger partial charge in [-0.25, -0.2) is 13.2 Å². The van der Waals surface area contributed by atoms with Crippen molar-refractivity contribution in [2.24, 2.45) is 0 Å². The first-order valence-corrected chi connectivity index (χ1v) is 6.78. The maximum atomic E-state index is 13.5. The van der Waals surface area contributed by atoms with Crippen molar-refractivity contribution in [2.75, 3.05) is 11.9 Å². The van der Waals surface area contributed by atoms with Crippen molar-refractivity contribution in [3.8, 4) is 5.75 Å². The van der Waals surface area contributed by atoms with Crippen LogP contribution in [-0.2, 0) is 11.2 Å². The number of anilines is 1. The van der Waals surface area contributed by atoms with Crippen LogP contribution >= 0.6 is 0 Å². The van der Waals surface area contributed by atoms with Gasteiger partial charge in [-0.05, 0) is 30.2 Å². The SMILES string of the molecule is C=CCc1ccccc1OCC(=O)Nc1ccc(F)c(F)c1F. The van der Waals surface area contributed by atoms with Gasteiger partial charge in [0.05, 0.1) is 5.69 Å². The van der Waals surface area contributed by atoms with E-state index in [1.165, 1.54) is 0 Å². The molecule has 0 fully saturated rings. The van der Waals surface area contributed by atoms with Crippen LogP contribution in [0.15, 0.2) is 49.1 Å². The highest BCUT2D eigenvalue weighted by atomic mass is 19.2. The number of ether oxygens (including phenoxy) is 1. The molecular formula is C17H14F3NO2. The number of nitrogens with one attached hydrogen (secondary N) is 1. The zero-order chi connectivity index (χ0) is 16.8. The molecule has 0 aromatic heterocycles. The van der Waals surface area contributed by atoms with Crippen LogP contribution in [0.3, 0.4) is 0 Å². The summed E-state index contributed by atoms with van der Waals surface area (Å²) in [5, 5.41) is 2.13. The Balaban J connectivity index is 2.01. The summed E-state index contributed by atoms with van der Waals surface area (Å²) < 4.78 is 44.7. The van der Waals surface area contributed by atoms with E-state index in [1.54, 1.807) is 18.2 Å². The van der Waals surface area contributed by atoms with Crippen molar-refractivity contribution in [3.05, 3.63) is 72.1 Å². The third-order valence-electron chi connectivity index (χ3n) is 3.00. The topological polar surface area (TPSA) is 38.3 Å². The van der Waals surface area contributed by atoms with E-state index < -0.39 is 35.7 Å². The number of amides is 1. The number of rotatable bonds is 6. The summed E-state index contributed by atoms with van der Waals surface area (Å²) in [7, 11) is 0. The summed E-state index contributed by atoms with van der Waals surface area (Å²) in [4.78, 5) is 11.8. The van der Waals surface area contributed by atoms with Crippen LogP contribution in [0.1, 0.15) is 5.56 Å². The molecule has 0 spiro atoms. The average molecular weight is 321 g/mol. The fourth-order valence-electron chi connectivity index (χ4n) is 1.92. The number of halogens is 3. The number of carbonyl (C=O) groups excluding carboxylic acids is 1. The molecule has 2 aromatic carbocycles. The van der Waals surface area contributed by atoms with Gasteiger partial charge in [0.25, 0.3) is 5.91 Å². The second kappa shape index (κ2) is 7.49. The van der Waals surface area contributed by atoms with Crippen molar-refractivity contribution in [3.63, 3.8) is 0 Å². The number of carbonyl (C=O) groups is 1.